The van der Waals surface area contributed by atoms with Crippen LogP contribution in [-0.2, 0) is 12.8 Å². The molecule has 0 bridgehead atoms. The summed E-state index contributed by atoms with van der Waals surface area (Å²) in [6, 6.07) is 1.52. The fraction of sp³-hybridized carbons (Fsp3) is 0.647. The summed E-state index contributed by atoms with van der Waals surface area (Å²) in [7, 11) is 0. The van der Waals surface area contributed by atoms with Crippen LogP contribution in [-0.4, -0.2) is 29.5 Å². The van der Waals surface area contributed by atoms with E-state index in [9.17, 15) is 13.6 Å². The average Bonchev–Trinajstić information content (AvgIpc) is 2.53. The van der Waals surface area contributed by atoms with E-state index >= 15 is 0 Å². The highest BCUT2D eigenvalue weighted by molar-refractivity contribution is 5.89. The third-order valence-corrected chi connectivity index (χ3v) is 4.97. The molecule has 0 spiro atoms. The molecule has 2 aliphatic rings. The van der Waals surface area contributed by atoms with Gasteiger partial charge in [-0.25, -0.2) is 13.6 Å². The molecule has 1 aromatic rings. The number of aromatic nitrogens is 1. The van der Waals surface area contributed by atoms with Crippen molar-refractivity contribution < 1.29 is 13.6 Å². The Morgan fingerprint density at radius 3 is 3.00 bits per heavy atom. The molecule has 1 heterocycles. The molecule has 0 saturated heterocycles. The summed E-state index contributed by atoms with van der Waals surface area (Å²) < 4.78 is 27.6. The second-order valence-corrected chi connectivity index (χ2v) is 6.87. The van der Waals surface area contributed by atoms with E-state index < -0.39 is 17.9 Å². The van der Waals surface area contributed by atoms with Gasteiger partial charge in [0.15, 0.2) is 0 Å². The largest absolute Gasteiger partial charge is 0.337 e. The SMILES string of the molecule is NC1CCc2ncc(NC(=O)NCC3CCCCC3(F)F)cc2C1. The Kier molecular flexibility index (Phi) is 4.99. The molecule has 0 aliphatic heterocycles. The molecule has 2 amide bonds. The Bertz CT molecular complexity index is 608. The van der Waals surface area contributed by atoms with Crippen LogP contribution in [0.5, 0.6) is 0 Å². The second kappa shape index (κ2) is 7.01. The van der Waals surface area contributed by atoms with Crippen LogP contribution in [0, 0.1) is 5.92 Å². The molecule has 0 aromatic carbocycles. The number of anilines is 1. The Morgan fingerprint density at radius 1 is 1.38 bits per heavy atom. The van der Waals surface area contributed by atoms with Crippen molar-refractivity contribution in [1.82, 2.24) is 10.3 Å². The zero-order valence-electron chi connectivity index (χ0n) is 13.7. The maximum Gasteiger partial charge on any atom is 0.319 e. The van der Waals surface area contributed by atoms with Gasteiger partial charge in [-0.3, -0.25) is 4.98 Å². The smallest absolute Gasteiger partial charge is 0.319 e. The van der Waals surface area contributed by atoms with Gasteiger partial charge in [-0.2, -0.15) is 0 Å². The lowest BCUT2D eigenvalue weighted by Gasteiger charge is -2.31. The van der Waals surface area contributed by atoms with Crippen molar-refractivity contribution in [3.05, 3.63) is 23.5 Å². The highest BCUT2D eigenvalue weighted by Crippen LogP contribution is 2.37. The van der Waals surface area contributed by atoms with E-state index in [1.54, 1.807) is 6.20 Å². The van der Waals surface area contributed by atoms with Crippen LogP contribution in [0.15, 0.2) is 12.3 Å². The lowest BCUT2D eigenvalue weighted by molar-refractivity contribution is -0.0832. The second-order valence-electron chi connectivity index (χ2n) is 6.87. The van der Waals surface area contributed by atoms with Gasteiger partial charge in [0.25, 0.3) is 5.92 Å². The first-order valence-corrected chi connectivity index (χ1v) is 8.60. The van der Waals surface area contributed by atoms with E-state index in [4.69, 9.17) is 5.73 Å². The van der Waals surface area contributed by atoms with Crippen molar-refractivity contribution in [2.24, 2.45) is 11.7 Å². The van der Waals surface area contributed by atoms with Gasteiger partial charge >= 0.3 is 6.03 Å². The number of hydrogen-bond donors (Lipinski definition) is 3. The number of rotatable bonds is 3. The van der Waals surface area contributed by atoms with Gasteiger partial charge in [-0.1, -0.05) is 6.42 Å². The number of fused-ring (bicyclic) bond motifs is 1. The predicted molar refractivity (Wildman–Crippen MR) is 88.2 cm³/mol. The van der Waals surface area contributed by atoms with Crippen molar-refractivity contribution >= 4 is 11.7 Å². The van der Waals surface area contributed by atoms with Crippen LogP contribution >= 0.6 is 0 Å². The summed E-state index contributed by atoms with van der Waals surface area (Å²) in [4.78, 5) is 16.3. The third kappa shape index (κ3) is 4.01. The quantitative estimate of drug-likeness (QED) is 0.793. The molecular weight excluding hydrogens is 314 g/mol. The van der Waals surface area contributed by atoms with Crippen molar-refractivity contribution in [3.63, 3.8) is 0 Å². The Hall–Kier alpha value is -1.76. The molecule has 1 aromatic heterocycles. The maximum absolute atomic E-state index is 13.8. The van der Waals surface area contributed by atoms with Crippen LogP contribution in [0.4, 0.5) is 19.3 Å². The number of aryl methyl sites for hydroxylation is 1. The monoisotopic (exact) mass is 338 g/mol. The van der Waals surface area contributed by atoms with Crippen molar-refractivity contribution in [1.29, 1.82) is 0 Å². The number of hydrogen-bond acceptors (Lipinski definition) is 3. The molecule has 4 N–H and O–H groups in total. The third-order valence-electron chi connectivity index (χ3n) is 4.97. The van der Waals surface area contributed by atoms with Crippen LogP contribution in [0.2, 0.25) is 0 Å². The molecule has 1 fully saturated rings. The molecule has 132 valence electrons. The van der Waals surface area contributed by atoms with Crippen LogP contribution in [0.25, 0.3) is 0 Å². The number of alkyl halides is 2. The fourth-order valence-electron chi connectivity index (χ4n) is 3.52. The number of pyridine rings is 1. The minimum Gasteiger partial charge on any atom is -0.337 e. The lowest BCUT2D eigenvalue weighted by Crippen LogP contribution is -2.42. The first-order chi connectivity index (χ1) is 11.4. The molecule has 7 heteroatoms. The summed E-state index contributed by atoms with van der Waals surface area (Å²) in [5, 5.41) is 5.24. The summed E-state index contributed by atoms with van der Waals surface area (Å²) in [5.74, 6) is -3.47. The minimum atomic E-state index is -2.69. The Balaban J connectivity index is 1.54. The van der Waals surface area contributed by atoms with Crippen molar-refractivity contribution in [2.45, 2.75) is 56.9 Å². The molecule has 3 rings (SSSR count). The van der Waals surface area contributed by atoms with Gasteiger partial charge in [0.05, 0.1) is 11.9 Å². The van der Waals surface area contributed by atoms with Crippen LogP contribution in [0.3, 0.4) is 0 Å². The number of halogens is 2. The van der Waals surface area contributed by atoms with E-state index in [1.165, 1.54) is 0 Å². The van der Waals surface area contributed by atoms with Gasteiger partial charge in [-0.05, 0) is 43.7 Å². The number of carbonyl (C=O) groups excluding carboxylic acids is 1. The van der Waals surface area contributed by atoms with Gasteiger partial charge < -0.3 is 16.4 Å². The standard InChI is InChI=1S/C17H24F2N4O/c18-17(19)6-2-1-3-12(17)9-22-16(24)23-14-8-11-7-13(20)4-5-15(11)21-10-14/h8,10,12-13H,1-7,9,20H2,(H2,22,23,24). The molecule has 1 saturated carbocycles. The number of carbonyl (C=O) groups is 1. The topological polar surface area (TPSA) is 80.0 Å². The summed E-state index contributed by atoms with van der Waals surface area (Å²) in [5.41, 5.74) is 8.59. The van der Waals surface area contributed by atoms with Crippen molar-refractivity contribution in [3.8, 4) is 0 Å². The summed E-state index contributed by atoms with van der Waals surface area (Å²) >= 11 is 0. The average molecular weight is 338 g/mol. The highest BCUT2D eigenvalue weighted by Gasteiger charge is 2.41. The van der Waals surface area contributed by atoms with Gasteiger partial charge in [0, 0.05) is 30.6 Å². The lowest BCUT2D eigenvalue weighted by atomic mass is 9.85. The molecule has 2 unspecified atom stereocenters. The Labute approximate surface area is 140 Å². The molecule has 2 atom stereocenters. The fourth-order valence-corrected chi connectivity index (χ4v) is 3.52. The summed E-state index contributed by atoms with van der Waals surface area (Å²) in [6.07, 6.45) is 5.82. The maximum atomic E-state index is 13.8. The number of urea groups is 1. The van der Waals surface area contributed by atoms with Crippen LogP contribution in [0.1, 0.15) is 43.4 Å². The van der Waals surface area contributed by atoms with E-state index in [2.05, 4.69) is 15.6 Å². The van der Waals surface area contributed by atoms with E-state index in [1.807, 2.05) is 6.07 Å². The van der Waals surface area contributed by atoms with Crippen LogP contribution < -0.4 is 16.4 Å². The molecule has 2 aliphatic carbocycles. The number of nitrogens with one attached hydrogen (secondary N) is 2. The van der Waals surface area contributed by atoms with E-state index in [0.717, 1.165) is 36.9 Å². The van der Waals surface area contributed by atoms with Gasteiger partial charge in [0.2, 0.25) is 0 Å². The van der Waals surface area contributed by atoms with E-state index in [0.29, 0.717) is 18.5 Å². The number of nitrogens with two attached hydrogens (primary N) is 1. The number of nitrogens with zero attached hydrogens (tertiary/aromatic N) is 1. The first kappa shape index (κ1) is 17.1. The molecule has 5 nitrogen and oxygen atoms in total. The minimum absolute atomic E-state index is 0.0118. The predicted octanol–water partition coefficient (Wildman–Crippen LogP) is 2.84. The Morgan fingerprint density at radius 2 is 2.21 bits per heavy atom. The molecule has 24 heavy (non-hydrogen) atoms. The normalized spacial score (nSPS) is 25.6. The molecule has 0 radical (unpaired) electrons. The zero-order valence-corrected chi connectivity index (χ0v) is 13.7. The van der Waals surface area contributed by atoms with Gasteiger partial charge in [-0.15, -0.1) is 0 Å². The van der Waals surface area contributed by atoms with Crippen molar-refractivity contribution in [2.75, 3.05) is 11.9 Å². The first-order valence-electron chi connectivity index (χ1n) is 8.60. The highest BCUT2D eigenvalue weighted by atomic mass is 19.3. The zero-order chi connectivity index (χ0) is 17.2. The van der Waals surface area contributed by atoms with E-state index in [-0.39, 0.29) is 19.0 Å². The molecular formula is C17H24F2N4O. The summed E-state index contributed by atoms with van der Waals surface area (Å²) in [6.45, 7) is -0.0118. The number of amides is 2. The van der Waals surface area contributed by atoms with Gasteiger partial charge in [0.1, 0.15) is 0 Å².